The highest BCUT2D eigenvalue weighted by Gasteiger charge is 2.48. The molecule has 0 unspecified atom stereocenters. The number of nitrogens with one attached hydrogen (secondary N) is 2. The average Bonchev–Trinajstić information content (AvgIpc) is 2.98. The lowest BCUT2D eigenvalue weighted by molar-refractivity contribution is -0.134. The quantitative estimate of drug-likeness (QED) is 0.292. The molecule has 2 amide bonds. The molecule has 2 aromatic heterocycles. The monoisotopic (exact) mass is 574 g/mol. The summed E-state index contributed by atoms with van der Waals surface area (Å²) in [4.78, 5) is 67.8. The third-order valence-electron chi connectivity index (χ3n) is 9.13. The smallest absolute Gasteiger partial charge is 0.330 e. The lowest BCUT2D eigenvalue weighted by atomic mass is 9.51. The maximum atomic E-state index is 13.3. The molecule has 4 saturated carbocycles. The van der Waals surface area contributed by atoms with Gasteiger partial charge in [-0.15, -0.1) is 0 Å². The molecule has 6 rings (SSSR count). The van der Waals surface area contributed by atoms with Crippen LogP contribution in [0.5, 0.6) is 0 Å². The molecule has 10 nitrogen and oxygen atoms in total. The molecule has 0 radical (unpaired) electrons. The van der Waals surface area contributed by atoms with Gasteiger partial charge in [0.05, 0.1) is 19.2 Å². The summed E-state index contributed by atoms with van der Waals surface area (Å²) in [7, 11) is 1.26. The van der Waals surface area contributed by atoms with Gasteiger partial charge in [-0.05, 0) is 98.8 Å². The first kappa shape index (κ1) is 29.4. The van der Waals surface area contributed by atoms with Crippen molar-refractivity contribution in [1.29, 1.82) is 0 Å². The molecule has 0 aliphatic heterocycles. The van der Waals surface area contributed by atoms with Crippen LogP contribution in [0.4, 0.5) is 5.69 Å². The molecule has 4 fully saturated rings. The van der Waals surface area contributed by atoms with Gasteiger partial charge >= 0.3 is 5.97 Å². The summed E-state index contributed by atoms with van der Waals surface area (Å²) in [5.74, 6) is 1.78. The molecule has 4 aliphatic rings. The van der Waals surface area contributed by atoms with Gasteiger partial charge in [-0.25, -0.2) is 4.79 Å². The topological polar surface area (TPSA) is 136 Å². The number of nitrogens with zero attached hydrogens (tertiary/aromatic N) is 2. The lowest BCUT2D eigenvalue weighted by Crippen LogP contribution is -2.46. The first-order valence-electron chi connectivity index (χ1n) is 14.8. The maximum absolute atomic E-state index is 13.3. The number of ether oxygens (including phenoxy) is 1. The second kappa shape index (κ2) is 13.3. The molecule has 0 aromatic carbocycles. The molecule has 2 aromatic rings. The summed E-state index contributed by atoms with van der Waals surface area (Å²) in [5, 5.41) is 5.32. The minimum absolute atomic E-state index is 0.0238. The first-order chi connectivity index (χ1) is 20.3. The Hall–Kier alpha value is -4.08. The van der Waals surface area contributed by atoms with Gasteiger partial charge in [0.15, 0.2) is 5.78 Å². The Morgan fingerprint density at radius 1 is 1.07 bits per heavy atom. The largest absolute Gasteiger partial charge is 0.466 e. The minimum Gasteiger partial charge on any atom is -0.466 e. The standard InChI is InChI=1S/C32H38N4O6/c1-42-29(38)9-3-2-7-27(34-30(39)22-6-4-10-33-18-22)31(40)35-28-8-5-11-36(32(28)41)19-25(37)17-26-23-13-20-12-21(15-23)16-24(26)14-20/h3-6,8-11,18,20-21,23-24,26-27H,2,7,12-17,19H2,1H3,(H,34,39)(H,35,40)/b9-3+/t20?,21?,23?,24?,26?,27-/m0/s1. The van der Waals surface area contributed by atoms with Crippen molar-refractivity contribution in [1.82, 2.24) is 14.9 Å². The number of Topliss-reactive ketones (excluding diaryl/α,β-unsaturated/α-hetero) is 1. The molecular weight excluding hydrogens is 536 g/mol. The summed E-state index contributed by atoms with van der Waals surface area (Å²) in [6.07, 6.45) is 14.5. The third-order valence-corrected chi connectivity index (χ3v) is 9.13. The van der Waals surface area contributed by atoms with Gasteiger partial charge in [0.25, 0.3) is 11.5 Å². The van der Waals surface area contributed by atoms with Crippen molar-refractivity contribution in [3.63, 3.8) is 0 Å². The third kappa shape index (κ3) is 7.03. The van der Waals surface area contributed by atoms with Crippen molar-refractivity contribution in [2.45, 2.75) is 64.0 Å². The van der Waals surface area contributed by atoms with E-state index in [-0.39, 0.29) is 30.0 Å². The highest BCUT2D eigenvalue weighted by Crippen LogP contribution is 2.57. The number of amides is 2. The van der Waals surface area contributed by atoms with Crippen LogP contribution in [-0.4, -0.2) is 46.3 Å². The Morgan fingerprint density at radius 3 is 2.48 bits per heavy atom. The Bertz CT molecular complexity index is 1370. The van der Waals surface area contributed by atoms with E-state index in [0.29, 0.717) is 30.6 Å². The molecule has 42 heavy (non-hydrogen) atoms. The zero-order chi connectivity index (χ0) is 29.6. The van der Waals surface area contributed by atoms with Crippen LogP contribution >= 0.6 is 0 Å². The fourth-order valence-electron chi connectivity index (χ4n) is 7.38. The SMILES string of the molecule is COC(=O)/C=C/CC[C@H](NC(=O)c1cccnc1)C(=O)Nc1cccn(CC(=O)CC2C3CC4CC(C3)CC2C4)c1=O. The molecule has 2 heterocycles. The Labute approximate surface area is 244 Å². The lowest BCUT2D eigenvalue weighted by Gasteiger charge is -2.54. The Balaban J connectivity index is 1.23. The average molecular weight is 575 g/mol. The van der Waals surface area contributed by atoms with Crippen LogP contribution in [0.3, 0.4) is 0 Å². The number of ketones is 1. The van der Waals surface area contributed by atoms with Crippen LogP contribution in [0.1, 0.15) is 61.7 Å². The van der Waals surface area contributed by atoms with Crippen molar-refractivity contribution >= 4 is 29.3 Å². The summed E-state index contributed by atoms with van der Waals surface area (Å²) in [5.41, 5.74) is -0.178. The second-order valence-electron chi connectivity index (χ2n) is 12.0. The van der Waals surface area contributed by atoms with Gasteiger partial charge in [0.2, 0.25) is 5.91 Å². The van der Waals surface area contributed by atoms with E-state index in [9.17, 15) is 24.0 Å². The first-order valence-corrected chi connectivity index (χ1v) is 14.8. The minimum atomic E-state index is -1.01. The number of esters is 1. The highest BCUT2D eigenvalue weighted by atomic mass is 16.5. The van der Waals surface area contributed by atoms with E-state index >= 15 is 0 Å². The van der Waals surface area contributed by atoms with E-state index in [2.05, 4.69) is 20.4 Å². The normalized spacial score (nSPS) is 24.7. The van der Waals surface area contributed by atoms with Gasteiger partial charge in [-0.1, -0.05) is 6.08 Å². The van der Waals surface area contributed by atoms with Crippen LogP contribution < -0.4 is 16.2 Å². The Kier molecular flexibility index (Phi) is 9.29. The molecule has 0 saturated heterocycles. The summed E-state index contributed by atoms with van der Waals surface area (Å²) >= 11 is 0. The number of hydrogen-bond donors (Lipinski definition) is 2. The van der Waals surface area contributed by atoms with E-state index in [4.69, 9.17) is 0 Å². The number of pyridine rings is 2. The van der Waals surface area contributed by atoms with Crippen LogP contribution in [0.25, 0.3) is 0 Å². The number of carbonyl (C=O) groups is 4. The van der Waals surface area contributed by atoms with Gasteiger partial charge in [-0.3, -0.25) is 24.2 Å². The van der Waals surface area contributed by atoms with Crippen molar-refractivity contribution in [2.24, 2.45) is 29.6 Å². The van der Waals surface area contributed by atoms with E-state index in [1.54, 1.807) is 30.5 Å². The van der Waals surface area contributed by atoms with Crippen LogP contribution in [0.2, 0.25) is 0 Å². The molecule has 4 aliphatic carbocycles. The summed E-state index contributed by atoms with van der Waals surface area (Å²) < 4.78 is 5.93. The fourth-order valence-corrected chi connectivity index (χ4v) is 7.38. The molecule has 2 N–H and O–H groups in total. The highest BCUT2D eigenvalue weighted by molar-refractivity contribution is 6.01. The number of hydrogen-bond acceptors (Lipinski definition) is 7. The van der Waals surface area contributed by atoms with Crippen molar-refractivity contribution in [2.75, 3.05) is 12.4 Å². The summed E-state index contributed by atoms with van der Waals surface area (Å²) in [6, 6.07) is 5.28. The number of rotatable bonds is 12. The zero-order valence-electron chi connectivity index (χ0n) is 23.9. The zero-order valence-corrected chi connectivity index (χ0v) is 23.9. The molecule has 1 atom stereocenters. The van der Waals surface area contributed by atoms with Gasteiger partial charge in [0.1, 0.15) is 11.7 Å². The molecule has 222 valence electrons. The van der Waals surface area contributed by atoms with Crippen molar-refractivity contribution in [3.8, 4) is 0 Å². The van der Waals surface area contributed by atoms with Gasteiger partial charge in [-0.2, -0.15) is 0 Å². The molecular formula is C32H38N4O6. The van der Waals surface area contributed by atoms with Crippen LogP contribution in [-0.2, 0) is 25.7 Å². The number of carbonyl (C=O) groups excluding carboxylic acids is 4. The predicted molar refractivity (Wildman–Crippen MR) is 155 cm³/mol. The van der Waals surface area contributed by atoms with Crippen LogP contribution in [0.15, 0.2) is 59.8 Å². The fraction of sp³-hybridized carbons (Fsp3) is 0.500. The predicted octanol–water partition coefficient (Wildman–Crippen LogP) is 3.52. The van der Waals surface area contributed by atoms with E-state index in [0.717, 1.165) is 11.8 Å². The van der Waals surface area contributed by atoms with Crippen molar-refractivity contribution < 1.29 is 23.9 Å². The molecule has 0 spiro atoms. The van der Waals surface area contributed by atoms with Crippen LogP contribution in [0, 0.1) is 29.6 Å². The summed E-state index contributed by atoms with van der Waals surface area (Å²) in [6.45, 7) is -0.0369. The molecule has 4 bridgehead atoms. The number of allylic oxidation sites excluding steroid dienone is 1. The van der Waals surface area contributed by atoms with Gasteiger partial charge in [0, 0.05) is 31.1 Å². The number of methoxy groups -OCH3 is 1. The van der Waals surface area contributed by atoms with E-state index in [1.165, 1.54) is 68.3 Å². The van der Waals surface area contributed by atoms with Gasteiger partial charge < -0.3 is 19.9 Å². The molecule has 10 heteroatoms. The van der Waals surface area contributed by atoms with E-state index < -0.39 is 29.4 Å². The second-order valence-corrected chi connectivity index (χ2v) is 12.0. The van der Waals surface area contributed by atoms with E-state index in [1.807, 2.05) is 0 Å². The number of aromatic nitrogens is 2. The maximum Gasteiger partial charge on any atom is 0.330 e. The number of anilines is 1. The Morgan fingerprint density at radius 2 is 1.81 bits per heavy atom. The van der Waals surface area contributed by atoms with Crippen molar-refractivity contribution in [3.05, 3.63) is 70.9 Å².